The van der Waals surface area contributed by atoms with Crippen LogP contribution in [-0.4, -0.2) is 49.4 Å². The van der Waals surface area contributed by atoms with E-state index in [0.717, 1.165) is 48.4 Å². The molecule has 0 atom stereocenters. The Hall–Kier alpha value is -2.80. The average molecular weight is 426 g/mol. The Morgan fingerprint density at radius 1 is 1.16 bits per heavy atom. The van der Waals surface area contributed by atoms with Crippen LogP contribution < -0.4 is 15.1 Å². The molecule has 2 N–H and O–H groups in total. The number of nitrogens with zero attached hydrogens (tertiary/aromatic N) is 3. The monoisotopic (exact) mass is 425 g/mol. The second kappa shape index (κ2) is 9.56. The summed E-state index contributed by atoms with van der Waals surface area (Å²) in [5, 5.41) is 3.31. The highest BCUT2D eigenvalue weighted by atomic mass is 19.1. The van der Waals surface area contributed by atoms with Crippen LogP contribution in [0.2, 0.25) is 0 Å². The number of hydrogen-bond donors (Lipinski definition) is 2. The molecule has 0 unspecified atom stereocenters. The van der Waals surface area contributed by atoms with Gasteiger partial charge >= 0.3 is 0 Å². The van der Waals surface area contributed by atoms with Crippen molar-refractivity contribution in [3.05, 3.63) is 41.7 Å². The largest absolute Gasteiger partial charge is 0.378 e. The summed E-state index contributed by atoms with van der Waals surface area (Å²) in [6, 6.07) is 10.1. The standard InChI is InChI=1S/C24H32FN5O/c1-4-9-29(10-5-2)20-16-19(30-11-13-31-14-12-30)21(25)23-22(20)27-24(28-23)26-18-8-6-7-17(3)15-18/h6-8,15-16H,4-5,9-14H2,1-3H3,(H2,26,27,28). The summed E-state index contributed by atoms with van der Waals surface area (Å²) in [4.78, 5) is 12.4. The Balaban J connectivity index is 1.81. The number of rotatable bonds is 8. The van der Waals surface area contributed by atoms with Gasteiger partial charge in [0.1, 0.15) is 5.52 Å². The molecule has 1 saturated heterocycles. The summed E-state index contributed by atoms with van der Waals surface area (Å²) in [5.74, 6) is 0.273. The number of imidazole rings is 1. The van der Waals surface area contributed by atoms with Crippen molar-refractivity contribution in [1.29, 1.82) is 0 Å². The van der Waals surface area contributed by atoms with E-state index in [-0.39, 0.29) is 5.82 Å². The fourth-order valence-electron chi connectivity index (χ4n) is 4.20. The number of morpholine rings is 1. The maximum atomic E-state index is 15.7. The number of aromatic amines is 1. The normalized spacial score (nSPS) is 14.3. The van der Waals surface area contributed by atoms with Gasteiger partial charge in [0.25, 0.3) is 0 Å². The average Bonchev–Trinajstić information content (AvgIpc) is 3.19. The lowest BCUT2D eigenvalue weighted by molar-refractivity contribution is 0.122. The van der Waals surface area contributed by atoms with E-state index in [1.807, 2.05) is 37.3 Å². The van der Waals surface area contributed by atoms with Crippen LogP contribution in [0.5, 0.6) is 0 Å². The molecule has 166 valence electrons. The van der Waals surface area contributed by atoms with Crippen molar-refractivity contribution in [2.24, 2.45) is 0 Å². The van der Waals surface area contributed by atoms with E-state index in [1.54, 1.807) is 0 Å². The Morgan fingerprint density at radius 3 is 2.58 bits per heavy atom. The minimum atomic E-state index is -0.276. The highest BCUT2D eigenvalue weighted by Crippen LogP contribution is 2.36. The zero-order chi connectivity index (χ0) is 21.8. The summed E-state index contributed by atoms with van der Waals surface area (Å²) in [7, 11) is 0. The number of hydrogen-bond acceptors (Lipinski definition) is 5. The van der Waals surface area contributed by atoms with E-state index in [0.29, 0.717) is 43.5 Å². The first-order chi connectivity index (χ1) is 15.1. The number of aromatic nitrogens is 2. The molecule has 0 bridgehead atoms. The first-order valence-corrected chi connectivity index (χ1v) is 11.2. The van der Waals surface area contributed by atoms with Gasteiger partial charge in [-0.25, -0.2) is 9.37 Å². The van der Waals surface area contributed by atoms with Crippen LogP contribution in [0.25, 0.3) is 11.0 Å². The fourth-order valence-corrected chi connectivity index (χ4v) is 4.20. The molecule has 1 aliphatic rings. The summed E-state index contributed by atoms with van der Waals surface area (Å²) in [5.41, 5.74) is 4.81. The van der Waals surface area contributed by atoms with Crippen LogP contribution in [0.1, 0.15) is 32.3 Å². The van der Waals surface area contributed by atoms with Gasteiger partial charge in [-0.1, -0.05) is 26.0 Å². The third-order valence-corrected chi connectivity index (χ3v) is 5.63. The molecule has 3 aromatic rings. The van der Waals surface area contributed by atoms with Gasteiger partial charge in [0, 0.05) is 31.9 Å². The summed E-state index contributed by atoms with van der Waals surface area (Å²) < 4.78 is 21.2. The number of nitrogens with one attached hydrogen (secondary N) is 2. The van der Waals surface area contributed by atoms with E-state index in [4.69, 9.17) is 4.74 Å². The first kappa shape index (κ1) is 21.4. The van der Waals surface area contributed by atoms with Gasteiger partial charge in [0.05, 0.1) is 30.1 Å². The molecule has 0 aliphatic carbocycles. The molecule has 2 heterocycles. The van der Waals surface area contributed by atoms with Crippen molar-refractivity contribution in [3.8, 4) is 0 Å². The molecule has 0 spiro atoms. The Bertz CT molecular complexity index is 1020. The SMILES string of the molecule is CCCN(CCC)c1cc(N2CCOCC2)c(F)c2nc(Nc3cccc(C)c3)[nH]c12. The van der Waals surface area contributed by atoms with Crippen molar-refractivity contribution in [2.75, 3.05) is 54.5 Å². The highest BCUT2D eigenvalue weighted by molar-refractivity contribution is 5.95. The van der Waals surface area contributed by atoms with Crippen LogP contribution in [0, 0.1) is 12.7 Å². The first-order valence-electron chi connectivity index (χ1n) is 11.2. The molecule has 6 nitrogen and oxygen atoms in total. The van der Waals surface area contributed by atoms with Gasteiger partial charge in [0.2, 0.25) is 5.95 Å². The summed E-state index contributed by atoms with van der Waals surface area (Å²) >= 11 is 0. The number of aryl methyl sites for hydroxylation is 1. The zero-order valence-electron chi connectivity index (χ0n) is 18.7. The predicted octanol–water partition coefficient (Wildman–Crippen LogP) is 5.22. The number of anilines is 4. The molecule has 1 aliphatic heterocycles. The van der Waals surface area contributed by atoms with E-state index in [9.17, 15) is 0 Å². The molecule has 4 rings (SSSR count). The van der Waals surface area contributed by atoms with Crippen LogP contribution in [0.4, 0.5) is 27.4 Å². The molecule has 0 radical (unpaired) electrons. The second-order valence-corrected chi connectivity index (χ2v) is 8.12. The van der Waals surface area contributed by atoms with Crippen molar-refractivity contribution >= 4 is 34.0 Å². The number of halogens is 1. The smallest absolute Gasteiger partial charge is 0.205 e. The second-order valence-electron chi connectivity index (χ2n) is 8.12. The lowest BCUT2D eigenvalue weighted by Gasteiger charge is -2.31. The van der Waals surface area contributed by atoms with E-state index < -0.39 is 0 Å². The van der Waals surface area contributed by atoms with E-state index >= 15 is 4.39 Å². The van der Waals surface area contributed by atoms with Gasteiger partial charge in [-0.15, -0.1) is 0 Å². The van der Waals surface area contributed by atoms with Gasteiger partial charge in [-0.3, -0.25) is 0 Å². The van der Waals surface area contributed by atoms with Crippen LogP contribution >= 0.6 is 0 Å². The molecule has 2 aromatic carbocycles. The topological polar surface area (TPSA) is 56.4 Å². The minimum absolute atomic E-state index is 0.276. The van der Waals surface area contributed by atoms with Crippen molar-refractivity contribution in [2.45, 2.75) is 33.6 Å². The van der Waals surface area contributed by atoms with Gasteiger partial charge in [-0.05, 0) is 43.5 Å². The van der Waals surface area contributed by atoms with Crippen molar-refractivity contribution in [3.63, 3.8) is 0 Å². The molecule has 7 heteroatoms. The Kier molecular flexibility index (Phi) is 6.61. The maximum absolute atomic E-state index is 15.7. The fraction of sp³-hybridized carbons (Fsp3) is 0.458. The lowest BCUT2D eigenvalue weighted by Crippen LogP contribution is -2.37. The third-order valence-electron chi connectivity index (χ3n) is 5.63. The number of fused-ring (bicyclic) bond motifs is 1. The molecule has 1 fully saturated rings. The maximum Gasteiger partial charge on any atom is 0.205 e. The van der Waals surface area contributed by atoms with Gasteiger partial charge < -0.3 is 24.8 Å². The minimum Gasteiger partial charge on any atom is -0.378 e. The molecule has 31 heavy (non-hydrogen) atoms. The lowest BCUT2D eigenvalue weighted by atomic mass is 10.1. The predicted molar refractivity (Wildman–Crippen MR) is 126 cm³/mol. The van der Waals surface area contributed by atoms with E-state index in [2.05, 4.69) is 38.9 Å². The Morgan fingerprint density at radius 2 is 1.90 bits per heavy atom. The van der Waals surface area contributed by atoms with Gasteiger partial charge in [0.15, 0.2) is 5.82 Å². The third kappa shape index (κ3) is 4.61. The number of benzene rings is 2. The van der Waals surface area contributed by atoms with Crippen LogP contribution in [-0.2, 0) is 4.74 Å². The molecule has 0 amide bonds. The quantitative estimate of drug-likeness (QED) is 0.518. The van der Waals surface area contributed by atoms with Crippen LogP contribution in [0.15, 0.2) is 30.3 Å². The Labute approximate surface area is 183 Å². The van der Waals surface area contributed by atoms with Crippen LogP contribution in [0.3, 0.4) is 0 Å². The molecule has 1 aromatic heterocycles. The zero-order valence-corrected chi connectivity index (χ0v) is 18.7. The summed E-state index contributed by atoms with van der Waals surface area (Å²) in [6.07, 6.45) is 2.04. The molecular weight excluding hydrogens is 393 g/mol. The van der Waals surface area contributed by atoms with Crippen molar-refractivity contribution in [1.82, 2.24) is 9.97 Å². The molecular formula is C24H32FN5O. The van der Waals surface area contributed by atoms with Gasteiger partial charge in [-0.2, -0.15) is 0 Å². The van der Waals surface area contributed by atoms with Crippen molar-refractivity contribution < 1.29 is 9.13 Å². The number of H-pyrrole nitrogens is 1. The highest BCUT2D eigenvalue weighted by Gasteiger charge is 2.24. The molecule has 0 saturated carbocycles. The summed E-state index contributed by atoms with van der Waals surface area (Å²) in [6.45, 7) is 10.8. The number of ether oxygens (including phenoxy) is 1. The van der Waals surface area contributed by atoms with E-state index in [1.165, 1.54) is 0 Å².